The van der Waals surface area contributed by atoms with Crippen LogP contribution in [0, 0.1) is 0 Å². The average molecular weight is 347 g/mol. The maximum atomic E-state index is 6.09. The lowest BCUT2D eigenvalue weighted by molar-refractivity contribution is 0.965. The van der Waals surface area contributed by atoms with Gasteiger partial charge in [-0.2, -0.15) is 5.10 Å². The van der Waals surface area contributed by atoms with Crippen molar-refractivity contribution in [1.29, 1.82) is 0 Å². The van der Waals surface area contributed by atoms with Gasteiger partial charge in [0.1, 0.15) is 22.4 Å². The third-order valence-corrected chi connectivity index (χ3v) is 4.29. The van der Waals surface area contributed by atoms with Crippen molar-refractivity contribution < 1.29 is 0 Å². The van der Waals surface area contributed by atoms with E-state index in [1.54, 1.807) is 23.1 Å². The van der Waals surface area contributed by atoms with Crippen molar-refractivity contribution >= 4 is 50.4 Å². The van der Waals surface area contributed by atoms with Crippen molar-refractivity contribution in [3.8, 4) is 0 Å². The number of aromatic nitrogens is 5. The molecule has 120 valence electrons. The summed E-state index contributed by atoms with van der Waals surface area (Å²) in [7, 11) is 0. The van der Waals surface area contributed by atoms with Gasteiger partial charge in [0.05, 0.1) is 6.20 Å². The minimum atomic E-state index is 0.664. The second kappa shape index (κ2) is 5.39. The maximum absolute atomic E-state index is 6.09. The van der Waals surface area contributed by atoms with Gasteiger partial charge in [0.2, 0.25) is 0 Å². The highest BCUT2D eigenvalue weighted by molar-refractivity contribution is 6.30. The molecule has 0 aliphatic heterocycles. The van der Waals surface area contributed by atoms with Crippen LogP contribution in [0.15, 0.2) is 61.3 Å². The van der Waals surface area contributed by atoms with Gasteiger partial charge in [-0.3, -0.25) is 9.97 Å². The number of halogens is 1. The van der Waals surface area contributed by atoms with E-state index in [0.29, 0.717) is 5.02 Å². The summed E-state index contributed by atoms with van der Waals surface area (Å²) in [6, 6.07) is 9.46. The van der Waals surface area contributed by atoms with Gasteiger partial charge in [-0.15, -0.1) is 0 Å². The van der Waals surface area contributed by atoms with Crippen LogP contribution in [0.4, 0.5) is 11.5 Å². The Labute approximate surface area is 147 Å². The normalized spacial score (nSPS) is 11.4. The Morgan fingerprint density at radius 3 is 2.80 bits per heavy atom. The van der Waals surface area contributed by atoms with E-state index in [2.05, 4.69) is 20.4 Å². The molecular weight excluding hydrogens is 336 g/mol. The average Bonchev–Trinajstić information content (AvgIpc) is 3.01. The molecule has 1 aromatic carbocycles. The van der Waals surface area contributed by atoms with Crippen molar-refractivity contribution in [3.05, 3.63) is 66.3 Å². The van der Waals surface area contributed by atoms with E-state index in [1.807, 2.05) is 42.7 Å². The van der Waals surface area contributed by atoms with Crippen LogP contribution in [-0.2, 0) is 0 Å². The van der Waals surface area contributed by atoms with E-state index < -0.39 is 0 Å². The van der Waals surface area contributed by atoms with Crippen LogP contribution in [-0.4, -0.2) is 24.6 Å². The summed E-state index contributed by atoms with van der Waals surface area (Å²) in [5.74, 6) is 0.728. The molecular formula is C18H11ClN6. The van der Waals surface area contributed by atoms with Gasteiger partial charge in [0.25, 0.3) is 0 Å². The minimum absolute atomic E-state index is 0.664. The van der Waals surface area contributed by atoms with Crippen LogP contribution in [0.5, 0.6) is 0 Å². The summed E-state index contributed by atoms with van der Waals surface area (Å²) in [6.07, 6.45) is 8.82. The van der Waals surface area contributed by atoms with E-state index in [0.717, 1.165) is 38.8 Å². The summed E-state index contributed by atoms with van der Waals surface area (Å²) in [6.45, 7) is 0. The molecule has 0 saturated heterocycles. The Morgan fingerprint density at radius 2 is 1.88 bits per heavy atom. The molecule has 7 heteroatoms. The highest BCUT2D eigenvalue weighted by atomic mass is 35.5. The van der Waals surface area contributed by atoms with Gasteiger partial charge in [0.15, 0.2) is 0 Å². The fourth-order valence-corrected chi connectivity index (χ4v) is 3.13. The zero-order valence-electron chi connectivity index (χ0n) is 12.9. The number of anilines is 2. The van der Waals surface area contributed by atoms with Gasteiger partial charge >= 0.3 is 0 Å². The quantitative estimate of drug-likeness (QED) is 0.518. The number of hydrogen-bond donors (Lipinski definition) is 1. The maximum Gasteiger partial charge on any atom is 0.139 e. The summed E-state index contributed by atoms with van der Waals surface area (Å²) in [5, 5.41) is 10.5. The minimum Gasteiger partial charge on any atom is -0.340 e. The molecule has 1 N–H and O–H groups in total. The number of rotatable bonds is 2. The molecule has 25 heavy (non-hydrogen) atoms. The monoisotopic (exact) mass is 346 g/mol. The zero-order valence-corrected chi connectivity index (χ0v) is 13.6. The van der Waals surface area contributed by atoms with Crippen LogP contribution < -0.4 is 5.32 Å². The van der Waals surface area contributed by atoms with E-state index in [9.17, 15) is 0 Å². The molecule has 0 amide bonds. The first-order chi connectivity index (χ1) is 12.3. The van der Waals surface area contributed by atoms with Gasteiger partial charge in [-0.1, -0.05) is 17.7 Å². The summed E-state index contributed by atoms with van der Waals surface area (Å²) in [4.78, 5) is 13.3. The lowest BCUT2D eigenvalue weighted by Gasteiger charge is -2.09. The Kier molecular flexibility index (Phi) is 3.05. The smallest absolute Gasteiger partial charge is 0.139 e. The first-order valence-electron chi connectivity index (χ1n) is 7.68. The number of pyridine rings is 2. The fourth-order valence-electron chi connectivity index (χ4n) is 2.94. The molecule has 0 spiro atoms. The van der Waals surface area contributed by atoms with E-state index >= 15 is 0 Å². The molecule has 4 heterocycles. The second-order valence-corrected chi connectivity index (χ2v) is 6.06. The molecule has 0 fully saturated rings. The molecule has 5 rings (SSSR count). The predicted octanol–water partition coefficient (Wildman–Crippen LogP) is 4.22. The van der Waals surface area contributed by atoms with Crippen molar-refractivity contribution in [2.75, 3.05) is 5.32 Å². The topological polar surface area (TPSA) is 68.0 Å². The van der Waals surface area contributed by atoms with Gasteiger partial charge < -0.3 is 5.32 Å². The summed E-state index contributed by atoms with van der Waals surface area (Å²) in [5.41, 5.74) is 3.29. The molecule has 5 aromatic rings. The predicted molar refractivity (Wildman–Crippen MR) is 98.3 cm³/mol. The van der Waals surface area contributed by atoms with Gasteiger partial charge in [0, 0.05) is 46.3 Å². The number of hydrogen-bond acceptors (Lipinski definition) is 5. The molecule has 0 aliphatic carbocycles. The molecule has 6 nitrogen and oxygen atoms in total. The van der Waals surface area contributed by atoms with Gasteiger partial charge in [-0.25, -0.2) is 9.50 Å². The van der Waals surface area contributed by atoms with E-state index in [-0.39, 0.29) is 0 Å². The van der Waals surface area contributed by atoms with Crippen LogP contribution in [0.2, 0.25) is 5.02 Å². The molecule has 0 unspecified atom stereocenters. The zero-order chi connectivity index (χ0) is 16.8. The fraction of sp³-hybridized carbons (Fsp3) is 0. The first-order valence-corrected chi connectivity index (χ1v) is 8.06. The molecule has 4 aromatic heterocycles. The third kappa shape index (κ3) is 2.27. The van der Waals surface area contributed by atoms with Crippen LogP contribution >= 0.6 is 11.6 Å². The molecule has 0 atom stereocenters. The molecule has 0 radical (unpaired) electrons. The second-order valence-electron chi connectivity index (χ2n) is 5.62. The van der Waals surface area contributed by atoms with Crippen molar-refractivity contribution in [3.63, 3.8) is 0 Å². The lowest BCUT2D eigenvalue weighted by Crippen LogP contribution is -1.96. The van der Waals surface area contributed by atoms with Crippen molar-refractivity contribution in [1.82, 2.24) is 24.6 Å². The third-order valence-electron chi connectivity index (χ3n) is 4.05. The van der Waals surface area contributed by atoms with Crippen molar-refractivity contribution in [2.45, 2.75) is 0 Å². The largest absolute Gasteiger partial charge is 0.340 e. The Balaban J connectivity index is 1.83. The highest BCUT2D eigenvalue weighted by Gasteiger charge is 2.14. The van der Waals surface area contributed by atoms with Crippen LogP contribution in [0.1, 0.15) is 0 Å². The number of fused-ring (bicyclic) bond motifs is 5. The summed E-state index contributed by atoms with van der Waals surface area (Å²) >= 11 is 6.09. The molecule has 0 saturated carbocycles. The van der Waals surface area contributed by atoms with Crippen LogP contribution in [0.3, 0.4) is 0 Å². The van der Waals surface area contributed by atoms with Gasteiger partial charge in [-0.05, 0) is 24.3 Å². The number of benzene rings is 1. The van der Waals surface area contributed by atoms with E-state index in [1.165, 1.54) is 0 Å². The summed E-state index contributed by atoms with van der Waals surface area (Å²) < 4.78 is 1.78. The van der Waals surface area contributed by atoms with Crippen molar-refractivity contribution in [2.24, 2.45) is 0 Å². The Morgan fingerprint density at radius 1 is 0.960 bits per heavy atom. The first kappa shape index (κ1) is 14.1. The number of nitrogens with one attached hydrogen (secondary N) is 1. The standard InChI is InChI=1S/C18H11ClN6/c19-11-2-1-3-12(8-11)22-18-13-4-5-20-9-14(13)16-17(23-18)15-10-21-6-7-25(15)24-16/h1-10H,(H,22,23). The SMILES string of the molecule is Clc1cccc(Nc2nc3c(nn4ccncc34)c3cnccc23)c1. The highest BCUT2D eigenvalue weighted by Crippen LogP contribution is 2.31. The number of nitrogens with zero attached hydrogens (tertiary/aromatic N) is 5. The molecule has 0 bridgehead atoms. The Hall–Kier alpha value is -3.25. The van der Waals surface area contributed by atoms with E-state index in [4.69, 9.17) is 16.6 Å². The van der Waals surface area contributed by atoms with Crippen LogP contribution in [0.25, 0.3) is 27.3 Å². The lowest BCUT2D eigenvalue weighted by atomic mass is 10.1. The molecule has 0 aliphatic rings. The Bertz CT molecular complexity index is 1250.